The third-order valence-electron chi connectivity index (χ3n) is 5.60. The molecule has 20 heavy (non-hydrogen) atoms. The fourth-order valence-electron chi connectivity index (χ4n) is 4.17. The molecule has 0 aliphatic heterocycles. The predicted molar refractivity (Wildman–Crippen MR) is 87.9 cm³/mol. The van der Waals surface area contributed by atoms with Crippen LogP contribution in [-0.2, 0) is 0 Å². The molecule has 1 aliphatic rings. The van der Waals surface area contributed by atoms with Gasteiger partial charge in [-0.25, -0.2) is 0 Å². The van der Waals surface area contributed by atoms with E-state index in [1.54, 1.807) is 0 Å². The Labute approximate surface area is 125 Å². The van der Waals surface area contributed by atoms with Crippen molar-refractivity contribution in [1.29, 1.82) is 0 Å². The van der Waals surface area contributed by atoms with Crippen LogP contribution >= 0.6 is 0 Å². The van der Waals surface area contributed by atoms with E-state index in [0.29, 0.717) is 0 Å². The van der Waals surface area contributed by atoms with E-state index in [0.717, 1.165) is 12.8 Å². The van der Waals surface area contributed by atoms with E-state index in [2.05, 4.69) is 67.5 Å². The summed E-state index contributed by atoms with van der Waals surface area (Å²) < 4.78 is 0. The zero-order valence-corrected chi connectivity index (χ0v) is 14.9. The van der Waals surface area contributed by atoms with E-state index in [1.807, 2.05) is 0 Å². The van der Waals surface area contributed by atoms with Crippen LogP contribution in [0.1, 0.15) is 61.3 Å². The van der Waals surface area contributed by atoms with Gasteiger partial charge in [-0.1, -0.05) is 33.3 Å². The first-order valence-electron chi connectivity index (χ1n) is 7.84. The molecule has 0 aromatic heterocycles. The molecule has 2 nitrogen and oxygen atoms in total. The minimum absolute atomic E-state index is 0.0532. The van der Waals surface area contributed by atoms with Crippen LogP contribution in [0.3, 0.4) is 0 Å². The molecule has 0 saturated carbocycles. The molecule has 0 heterocycles. The number of allylic oxidation sites excluding steroid dienone is 3. The summed E-state index contributed by atoms with van der Waals surface area (Å²) >= 11 is 0. The van der Waals surface area contributed by atoms with Gasteiger partial charge in [0, 0.05) is 11.5 Å². The lowest BCUT2D eigenvalue weighted by atomic mass is 9.68. The maximum atomic E-state index is 11.6. The standard InChI is InChI=1S/C18H33NO/c1-10-15(19(8)9)18(20,11-2)16-13(4)12(3)14(5)17(16,6)7/h15,20H,10-11H2,1-9H3. The monoisotopic (exact) mass is 279 g/mol. The molecule has 116 valence electrons. The highest BCUT2D eigenvalue weighted by molar-refractivity contribution is 5.54. The van der Waals surface area contributed by atoms with Gasteiger partial charge in [0.25, 0.3) is 0 Å². The van der Waals surface area contributed by atoms with E-state index in [4.69, 9.17) is 0 Å². The molecular formula is C18H33NO. The predicted octanol–water partition coefficient (Wildman–Crippen LogP) is 4.16. The van der Waals surface area contributed by atoms with Crippen LogP contribution in [-0.4, -0.2) is 35.7 Å². The van der Waals surface area contributed by atoms with Crippen molar-refractivity contribution in [3.8, 4) is 0 Å². The van der Waals surface area contributed by atoms with Gasteiger partial charge in [0.15, 0.2) is 0 Å². The normalized spacial score (nSPS) is 23.6. The van der Waals surface area contributed by atoms with Crippen molar-refractivity contribution in [3.05, 3.63) is 22.3 Å². The maximum absolute atomic E-state index is 11.6. The van der Waals surface area contributed by atoms with Crippen molar-refractivity contribution >= 4 is 0 Å². The van der Waals surface area contributed by atoms with Crippen molar-refractivity contribution in [3.63, 3.8) is 0 Å². The van der Waals surface area contributed by atoms with Crippen molar-refractivity contribution in [1.82, 2.24) is 4.90 Å². The number of hydrogen-bond donors (Lipinski definition) is 1. The number of hydrogen-bond acceptors (Lipinski definition) is 2. The first kappa shape index (κ1) is 17.5. The summed E-state index contributed by atoms with van der Waals surface area (Å²) in [6.45, 7) is 15.3. The molecule has 0 saturated heterocycles. The third kappa shape index (κ3) is 2.37. The minimum atomic E-state index is -0.759. The fraction of sp³-hybridized carbons (Fsp3) is 0.778. The van der Waals surface area contributed by atoms with Gasteiger partial charge in [0.05, 0.1) is 0 Å². The number of likely N-dealkylation sites (N-methyl/N-ethyl adjacent to an activating group) is 1. The lowest BCUT2D eigenvalue weighted by molar-refractivity contribution is -0.0183. The SMILES string of the molecule is CCC(N(C)C)C(O)(CC)C1=C(C)C(C)=C(C)C1(C)C. The van der Waals surface area contributed by atoms with Crippen molar-refractivity contribution in [2.75, 3.05) is 14.1 Å². The van der Waals surface area contributed by atoms with Crippen molar-refractivity contribution < 1.29 is 5.11 Å². The first-order valence-corrected chi connectivity index (χ1v) is 7.84. The van der Waals surface area contributed by atoms with Gasteiger partial charge in [-0.2, -0.15) is 0 Å². The Balaban J connectivity index is 3.47. The van der Waals surface area contributed by atoms with E-state index in [1.165, 1.54) is 22.3 Å². The fourth-order valence-corrected chi connectivity index (χ4v) is 4.17. The van der Waals surface area contributed by atoms with Gasteiger partial charge < -0.3 is 10.0 Å². The largest absolute Gasteiger partial charge is 0.384 e. The molecule has 1 aliphatic carbocycles. The van der Waals surface area contributed by atoms with Gasteiger partial charge in [-0.3, -0.25) is 0 Å². The summed E-state index contributed by atoms with van der Waals surface area (Å²) in [4.78, 5) is 2.17. The Hall–Kier alpha value is -0.600. The average molecular weight is 279 g/mol. The van der Waals surface area contributed by atoms with Crippen LogP contribution in [0.2, 0.25) is 0 Å². The van der Waals surface area contributed by atoms with Gasteiger partial charge in [0.2, 0.25) is 0 Å². The number of aliphatic hydroxyl groups is 1. The second-order valence-corrected chi connectivity index (χ2v) is 7.04. The topological polar surface area (TPSA) is 23.5 Å². The quantitative estimate of drug-likeness (QED) is 0.817. The van der Waals surface area contributed by atoms with E-state index in [9.17, 15) is 5.11 Å². The Bertz CT molecular complexity index is 442. The van der Waals surface area contributed by atoms with Gasteiger partial charge in [-0.15, -0.1) is 0 Å². The second kappa shape index (κ2) is 5.65. The van der Waals surface area contributed by atoms with E-state index >= 15 is 0 Å². The summed E-state index contributed by atoms with van der Waals surface area (Å²) in [5.74, 6) is 0. The molecule has 1 N–H and O–H groups in total. The lowest BCUT2D eigenvalue weighted by Gasteiger charge is -2.45. The van der Waals surface area contributed by atoms with Gasteiger partial charge in [0.1, 0.15) is 5.60 Å². The van der Waals surface area contributed by atoms with Gasteiger partial charge in [-0.05, 0) is 64.4 Å². The molecule has 2 unspecified atom stereocenters. The first-order chi connectivity index (χ1) is 9.05. The Kier molecular flexibility index (Phi) is 4.93. The highest BCUT2D eigenvalue weighted by Crippen LogP contribution is 2.52. The number of nitrogens with zero attached hydrogens (tertiary/aromatic N) is 1. The smallest absolute Gasteiger partial charge is 0.102 e. The highest BCUT2D eigenvalue weighted by atomic mass is 16.3. The second-order valence-electron chi connectivity index (χ2n) is 7.04. The van der Waals surface area contributed by atoms with Crippen LogP contribution in [0.15, 0.2) is 22.3 Å². The minimum Gasteiger partial charge on any atom is -0.384 e. The molecule has 2 heteroatoms. The summed E-state index contributed by atoms with van der Waals surface area (Å²) in [7, 11) is 4.14. The molecule has 1 rings (SSSR count). The summed E-state index contributed by atoms with van der Waals surface area (Å²) in [5.41, 5.74) is 4.45. The van der Waals surface area contributed by atoms with Gasteiger partial charge >= 0.3 is 0 Å². The van der Waals surface area contributed by atoms with Crippen LogP contribution in [0.4, 0.5) is 0 Å². The Morgan fingerprint density at radius 3 is 1.85 bits per heavy atom. The van der Waals surface area contributed by atoms with Crippen LogP contribution in [0.5, 0.6) is 0 Å². The van der Waals surface area contributed by atoms with Crippen molar-refractivity contribution in [2.24, 2.45) is 5.41 Å². The molecule has 0 aromatic carbocycles. The number of rotatable bonds is 5. The highest BCUT2D eigenvalue weighted by Gasteiger charge is 2.49. The maximum Gasteiger partial charge on any atom is 0.102 e. The average Bonchev–Trinajstić information content (AvgIpc) is 2.50. The van der Waals surface area contributed by atoms with Crippen LogP contribution in [0, 0.1) is 5.41 Å². The molecule has 0 aromatic rings. The molecule has 0 amide bonds. The molecule has 0 fully saturated rings. The molecule has 0 bridgehead atoms. The molecule has 0 radical (unpaired) electrons. The van der Waals surface area contributed by atoms with Crippen molar-refractivity contribution in [2.45, 2.75) is 73.0 Å². The lowest BCUT2D eigenvalue weighted by Crippen LogP contribution is -2.53. The molecular weight excluding hydrogens is 246 g/mol. The Morgan fingerprint density at radius 2 is 1.60 bits per heavy atom. The van der Waals surface area contributed by atoms with E-state index in [-0.39, 0.29) is 11.5 Å². The third-order valence-corrected chi connectivity index (χ3v) is 5.60. The zero-order valence-electron chi connectivity index (χ0n) is 14.9. The summed E-state index contributed by atoms with van der Waals surface area (Å²) in [6.07, 6.45) is 1.70. The van der Waals surface area contributed by atoms with E-state index < -0.39 is 5.60 Å². The van der Waals surface area contributed by atoms with Crippen LogP contribution < -0.4 is 0 Å². The molecule has 0 spiro atoms. The Morgan fingerprint density at radius 1 is 1.10 bits per heavy atom. The zero-order chi connectivity index (χ0) is 15.9. The van der Waals surface area contributed by atoms with Crippen LogP contribution in [0.25, 0.3) is 0 Å². The summed E-state index contributed by atoms with van der Waals surface area (Å²) in [5, 5.41) is 11.6. The summed E-state index contributed by atoms with van der Waals surface area (Å²) in [6, 6.07) is 0.149. The molecule has 2 atom stereocenters.